The Balaban J connectivity index is 1.77. The van der Waals surface area contributed by atoms with Crippen LogP contribution in [0.4, 0.5) is 5.69 Å². The van der Waals surface area contributed by atoms with Crippen LogP contribution in [0.3, 0.4) is 0 Å². The molecule has 1 unspecified atom stereocenters. The summed E-state index contributed by atoms with van der Waals surface area (Å²) in [5.74, 6) is 0.563. The van der Waals surface area contributed by atoms with E-state index in [-0.39, 0.29) is 5.91 Å². The number of nitrogens with zero attached hydrogens (tertiary/aromatic N) is 4. The van der Waals surface area contributed by atoms with Crippen molar-refractivity contribution in [2.24, 2.45) is 0 Å². The van der Waals surface area contributed by atoms with E-state index < -0.39 is 12.2 Å². The van der Waals surface area contributed by atoms with E-state index in [2.05, 4.69) is 22.1 Å². The summed E-state index contributed by atoms with van der Waals surface area (Å²) in [5.41, 5.74) is 2.93. The van der Waals surface area contributed by atoms with Crippen molar-refractivity contribution in [1.82, 2.24) is 15.2 Å². The summed E-state index contributed by atoms with van der Waals surface area (Å²) in [6.45, 7) is 3.65. The van der Waals surface area contributed by atoms with E-state index in [0.29, 0.717) is 39.1 Å². The predicted octanol–water partition coefficient (Wildman–Crippen LogP) is 5.05. The monoisotopic (exact) mass is 478 g/mol. The van der Waals surface area contributed by atoms with Crippen LogP contribution in [0, 0.1) is 0 Å². The molecule has 0 aliphatic carbocycles. The molecule has 0 radical (unpaired) electrons. The van der Waals surface area contributed by atoms with Crippen LogP contribution in [0.5, 0.6) is 5.88 Å². The normalized spacial score (nSPS) is 14.4. The third-order valence-electron chi connectivity index (χ3n) is 5.45. The molecule has 0 spiro atoms. The highest BCUT2D eigenvalue weighted by Crippen LogP contribution is 2.43. The van der Waals surface area contributed by atoms with Gasteiger partial charge in [-0.25, -0.2) is 4.79 Å². The van der Waals surface area contributed by atoms with E-state index in [1.807, 2.05) is 24.3 Å². The maximum atomic E-state index is 12.9. The number of rotatable bonds is 7. The molecule has 9 heteroatoms. The summed E-state index contributed by atoms with van der Waals surface area (Å²) < 4.78 is 11.1. The predicted molar refractivity (Wildman–Crippen MR) is 130 cm³/mol. The molecule has 0 fully saturated rings. The van der Waals surface area contributed by atoms with Crippen LogP contribution in [0.25, 0.3) is 11.3 Å². The van der Waals surface area contributed by atoms with Gasteiger partial charge >= 0.3 is 5.97 Å². The zero-order valence-electron chi connectivity index (χ0n) is 19.4. The minimum atomic E-state index is -0.804. The van der Waals surface area contributed by atoms with Gasteiger partial charge in [-0.3, -0.25) is 9.69 Å². The minimum Gasteiger partial charge on any atom is -0.465 e. The zero-order chi connectivity index (χ0) is 24.1. The van der Waals surface area contributed by atoms with Gasteiger partial charge in [-0.05, 0) is 24.6 Å². The highest BCUT2D eigenvalue weighted by Gasteiger charge is 2.34. The molecule has 0 bridgehead atoms. The van der Waals surface area contributed by atoms with Crippen LogP contribution < -0.4 is 9.64 Å². The van der Waals surface area contributed by atoms with E-state index in [4.69, 9.17) is 9.47 Å². The smallest absolute Gasteiger partial charge is 0.337 e. The summed E-state index contributed by atoms with van der Waals surface area (Å²) in [4.78, 5) is 30.9. The van der Waals surface area contributed by atoms with E-state index in [0.717, 1.165) is 25.0 Å². The first-order valence-electron chi connectivity index (χ1n) is 11.1. The lowest BCUT2D eigenvalue weighted by Crippen LogP contribution is -2.36. The minimum absolute atomic E-state index is 0.204. The molecule has 8 nitrogen and oxygen atoms in total. The van der Waals surface area contributed by atoms with Crippen molar-refractivity contribution >= 4 is 29.3 Å². The third kappa shape index (κ3) is 4.89. The highest BCUT2D eigenvalue weighted by atomic mass is 32.2. The van der Waals surface area contributed by atoms with Crippen molar-refractivity contribution in [3.63, 3.8) is 0 Å². The van der Waals surface area contributed by atoms with Gasteiger partial charge in [0.15, 0.2) is 5.69 Å². The molecule has 0 saturated carbocycles. The molecule has 176 valence electrons. The van der Waals surface area contributed by atoms with Gasteiger partial charge in [0.1, 0.15) is 0 Å². The lowest BCUT2D eigenvalue weighted by molar-refractivity contribution is -0.118. The van der Waals surface area contributed by atoms with Crippen molar-refractivity contribution in [2.75, 3.05) is 17.8 Å². The Morgan fingerprint density at radius 2 is 1.85 bits per heavy atom. The molecular formula is C25H26N4O4S. The Morgan fingerprint density at radius 3 is 2.56 bits per heavy atom. The van der Waals surface area contributed by atoms with Crippen molar-refractivity contribution in [3.8, 4) is 17.1 Å². The Kier molecular flexibility index (Phi) is 7.42. The van der Waals surface area contributed by atoms with Crippen molar-refractivity contribution < 1.29 is 19.1 Å². The second kappa shape index (κ2) is 10.6. The van der Waals surface area contributed by atoms with Crippen LogP contribution in [-0.2, 0) is 9.53 Å². The van der Waals surface area contributed by atoms with Gasteiger partial charge in [-0.1, -0.05) is 61.9 Å². The van der Waals surface area contributed by atoms with Gasteiger partial charge in [-0.2, -0.15) is 4.98 Å². The van der Waals surface area contributed by atoms with E-state index >= 15 is 0 Å². The average molecular weight is 479 g/mol. The zero-order valence-corrected chi connectivity index (χ0v) is 20.2. The molecule has 1 aliphatic rings. The van der Waals surface area contributed by atoms with Crippen LogP contribution in [0.15, 0.2) is 53.7 Å². The van der Waals surface area contributed by atoms with Gasteiger partial charge in [0, 0.05) is 23.8 Å². The molecule has 1 amide bonds. The van der Waals surface area contributed by atoms with Gasteiger partial charge < -0.3 is 9.47 Å². The number of amides is 1. The number of ether oxygens (including phenoxy) is 2. The molecule has 34 heavy (non-hydrogen) atoms. The second-order valence-electron chi connectivity index (χ2n) is 7.79. The Hall–Kier alpha value is -3.46. The highest BCUT2D eigenvalue weighted by molar-refractivity contribution is 7.99. The molecule has 4 rings (SSSR count). The van der Waals surface area contributed by atoms with E-state index in [1.165, 1.54) is 25.8 Å². The van der Waals surface area contributed by atoms with Gasteiger partial charge in [0.25, 0.3) is 0 Å². The number of hydrogen-bond donors (Lipinski definition) is 0. The average Bonchev–Trinajstić information content (AvgIpc) is 3.00. The number of anilines is 1. The SMILES string of the molecule is CCCCCSc1nnc2c(n1)OC(c1ccc(C(=O)OC)cc1)N(C(C)=O)c1ccccc1-2. The first kappa shape index (κ1) is 23.7. The number of hydrogen-bond acceptors (Lipinski definition) is 8. The molecule has 1 aliphatic heterocycles. The molecule has 0 saturated heterocycles. The standard InChI is InChI=1S/C25H26N4O4S/c1-4-5-8-15-34-25-26-22-21(27-28-25)19-9-6-7-10-20(19)29(16(2)30)23(33-22)17-11-13-18(14-12-17)24(31)32-3/h6-7,9-14,23H,4-5,8,15H2,1-3H3. The van der Waals surface area contributed by atoms with Gasteiger partial charge in [0.2, 0.25) is 23.2 Å². The maximum absolute atomic E-state index is 12.9. The molecule has 3 aromatic rings. The number of methoxy groups -OCH3 is 1. The molecule has 2 aromatic carbocycles. The Bertz CT molecular complexity index is 1190. The molecule has 2 heterocycles. The maximum Gasteiger partial charge on any atom is 0.337 e. The molecule has 1 atom stereocenters. The number of para-hydroxylation sites is 1. The fourth-order valence-electron chi connectivity index (χ4n) is 3.75. The number of carbonyl (C=O) groups is 2. The topological polar surface area (TPSA) is 94.5 Å². The van der Waals surface area contributed by atoms with Crippen molar-refractivity contribution in [2.45, 2.75) is 44.5 Å². The van der Waals surface area contributed by atoms with Gasteiger partial charge in [0.05, 0.1) is 18.4 Å². The number of benzene rings is 2. The fourth-order valence-corrected chi connectivity index (χ4v) is 4.52. The largest absolute Gasteiger partial charge is 0.465 e. The van der Waals surface area contributed by atoms with Crippen molar-refractivity contribution in [1.29, 1.82) is 0 Å². The van der Waals surface area contributed by atoms with E-state index in [1.54, 1.807) is 29.2 Å². The molecule has 1 aromatic heterocycles. The number of unbranched alkanes of at least 4 members (excludes halogenated alkanes) is 2. The van der Waals surface area contributed by atoms with Crippen LogP contribution >= 0.6 is 11.8 Å². The first-order valence-corrected chi connectivity index (χ1v) is 12.1. The fraction of sp³-hybridized carbons (Fsp3) is 0.320. The first-order chi connectivity index (χ1) is 16.5. The summed E-state index contributed by atoms with van der Waals surface area (Å²) in [5, 5.41) is 9.27. The van der Waals surface area contributed by atoms with Crippen LogP contribution in [0.1, 0.15) is 55.3 Å². The van der Waals surface area contributed by atoms with Crippen LogP contribution in [0.2, 0.25) is 0 Å². The quantitative estimate of drug-likeness (QED) is 0.264. The van der Waals surface area contributed by atoms with Crippen LogP contribution in [-0.4, -0.2) is 39.9 Å². The number of aromatic nitrogens is 3. The number of carbonyl (C=O) groups excluding carboxylic acids is 2. The molecular weight excluding hydrogens is 452 g/mol. The lowest BCUT2D eigenvalue weighted by Gasteiger charge is -2.29. The Labute approximate surface area is 202 Å². The third-order valence-corrected chi connectivity index (χ3v) is 6.37. The number of fused-ring (bicyclic) bond motifs is 3. The second-order valence-corrected chi connectivity index (χ2v) is 8.86. The Morgan fingerprint density at radius 1 is 1.09 bits per heavy atom. The number of thioether (sulfide) groups is 1. The lowest BCUT2D eigenvalue weighted by atomic mass is 10.1. The van der Waals surface area contributed by atoms with Gasteiger partial charge in [-0.15, -0.1) is 10.2 Å². The van der Waals surface area contributed by atoms with Crippen molar-refractivity contribution in [3.05, 3.63) is 59.7 Å². The summed E-state index contributed by atoms with van der Waals surface area (Å²) >= 11 is 1.54. The summed E-state index contributed by atoms with van der Waals surface area (Å²) in [6, 6.07) is 14.2. The van der Waals surface area contributed by atoms with E-state index in [9.17, 15) is 9.59 Å². The summed E-state index contributed by atoms with van der Waals surface area (Å²) in [7, 11) is 1.33. The summed E-state index contributed by atoms with van der Waals surface area (Å²) in [6.07, 6.45) is 2.55. The number of esters is 1. The molecule has 0 N–H and O–H groups in total.